The Labute approximate surface area is 108 Å². The first-order chi connectivity index (χ1) is 8.34. The van der Waals surface area contributed by atoms with Gasteiger partial charge in [0.2, 0.25) is 0 Å². The maximum atomic E-state index is 5.33. The lowest BCUT2D eigenvalue weighted by Gasteiger charge is -2.13. The number of rotatable bonds is 3. The number of hydrogen-bond donors (Lipinski definition) is 1. The molecule has 1 aromatic heterocycles. The maximum absolute atomic E-state index is 5.33. The van der Waals surface area contributed by atoms with Crippen LogP contribution in [0.5, 0.6) is 0 Å². The summed E-state index contributed by atoms with van der Waals surface area (Å²) in [5, 5.41) is 7.43. The van der Waals surface area contributed by atoms with Crippen LogP contribution in [-0.2, 0) is 6.42 Å². The Morgan fingerprint density at radius 1 is 1.12 bits per heavy atom. The molecule has 3 nitrogen and oxygen atoms in total. The van der Waals surface area contributed by atoms with Gasteiger partial charge in [-0.25, -0.2) is 0 Å². The zero-order valence-corrected chi connectivity index (χ0v) is 11.1. The maximum Gasteiger partial charge on any atom is 0.195 e. The van der Waals surface area contributed by atoms with E-state index in [1.54, 1.807) is 0 Å². The van der Waals surface area contributed by atoms with Crippen molar-refractivity contribution in [3.05, 3.63) is 10.6 Å². The second-order valence-corrected chi connectivity index (χ2v) is 5.99. The van der Waals surface area contributed by atoms with Crippen LogP contribution >= 0.6 is 12.2 Å². The van der Waals surface area contributed by atoms with Gasteiger partial charge < -0.3 is 4.57 Å². The van der Waals surface area contributed by atoms with Gasteiger partial charge in [0.05, 0.1) is 0 Å². The molecule has 0 amide bonds. The summed E-state index contributed by atoms with van der Waals surface area (Å²) in [5.74, 6) is 2.05. The molecule has 2 fully saturated rings. The predicted octanol–water partition coefficient (Wildman–Crippen LogP) is 3.79. The van der Waals surface area contributed by atoms with Crippen LogP contribution in [0.4, 0.5) is 0 Å². The molecule has 0 bridgehead atoms. The summed E-state index contributed by atoms with van der Waals surface area (Å²) in [6.07, 6.45) is 12.1. The van der Waals surface area contributed by atoms with Crippen LogP contribution < -0.4 is 0 Å². The molecule has 4 heteroatoms. The number of H-pyrrole nitrogens is 1. The summed E-state index contributed by atoms with van der Waals surface area (Å²) in [4.78, 5) is 0. The van der Waals surface area contributed by atoms with Crippen molar-refractivity contribution < 1.29 is 0 Å². The largest absolute Gasteiger partial charge is 0.301 e. The smallest absolute Gasteiger partial charge is 0.195 e. The molecule has 0 aromatic carbocycles. The van der Waals surface area contributed by atoms with Crippen molar-refractivity contribution in [2.75, 3.05) is 0 Å². The van der Waals surface area contributed by atoms with Crippen LogP contribution in [0.15, 0.2) is 0 Å². The van der Waals surface area contributed by atoms with Gasteiger partial charge in [-0.3, -0.25) is 5.10 Å². The fourth-order valence-corrected chi connectivity index (χ4v) is 3.32. The normalized spacial score (nSPS) is 22.6. The van der Waals surface area contributed by atoms with E-state index in [0.717, 1.165) is 17.1 Å². The Kier molecular flexibility index (Phi) is 3.32. The first-order valence-corrected chi connectivity index (χ1v) is 7.41. The lowest BCUT2D eigenvalue weighted by atomic mass is 9.96. The highest BCUT2D eigenvalue weighted by Gasteiger charge is 2.28. The first-order valence-electron chi connectivity index (χ1n) is 7.00. The summed E-state index contributed by atoms with van der Waals surface area (Å²) >= 11 is 5.33. The summed E-state index contributed by atoms with van der Waals surface area (Å²) in [6, 6.07) is 0.655. The predicted molar refractivity (Wildman–Crippen MR) is 70.6 cm³/mol. The Balaban J connectivity index is 1.73. The third-order valence-electron chi connectivity index (χ3n) is 4.14. The van der Waals surface area contributed by atoms with Gasteiger partial charge in [-0.1, -0.05) is 38.5 Å². The first kappa shape index (κ1) is 11.5. The van der Waals surface area contributed by atoms with E-state index in [1.807, 2.05) is 0 Å². The molecular formula is C13H21N3S. The molecule has 2 saturated carbocycles. The fraction of sp³-hybridized carbons (Fsp3) is 0.846. The van der Waals surface area contributed by atoms with Crippen LogP contribution in [0.2, 0.25) is 0 Å². The molecule has 17 heavy (non-hydrogen) atoms. The molecule has 0 radical (unpaired) electrons. The second kappa shape index (κ2) is 4.92. The van der Waals surface area contributed by atoms with Gasteiger partial charge in [0, 0.05) is 12.5 Å². The Hall–Kier alpha value is -0.640. The van der Waals surface area contributed by atoms with Gasteiger partial charge in [0.1, 0.15) is 5.82 Å². The van der Waals surface area contributed by atoms with Gasteiger partial charge in [0.15, 0.2) is 4.77 Å². The zero-order valence-electron chi connectivity index (χ0n) is 10.3. The van der Waals surface area contributed by atoms with E-state index in [9.17, 15) is 0 Å². The van der Waals surface area contributed by atoms with Crippen molar-refractivity contribution in [1.29, 1.82) is 0 Å². The molecule has 1 N–H and O–H groups in total. The van der Waals surface area contributed by atoms with Gasteiger partial charge >= 0.3 is 0 Å². The zero-order chi connectivity index (χ0) is 11.7. The average molecular weight is 251 g/mol. The van der Waals surface area contributed by atoms with Crippen LogP contribution in [0.25, 0.3) is 0 Å². The van der Waals surface area contributed by atoms with Gasteiger partial charge in [-0.15, -0.1) is 0 Å². The van der Waals surface area contributed by atoms with E-state index < -0.39 is 0 Å². The van der Waals surface area contributed by atoms with Crippen LogP contribution in [0.1, 0.15) is 63.2 Å². The highest BCUT2D eigenvalue weighted by Crippen LogP contribution is 2.36. The standard InChI is InChI=1S/C13H21N3S/c17-13-15-14-12(16(13)11-7-8-11)9-10-5-3-1-2-4-6-10/h10-11H,1-9H2,(H,15,17). The topological polar surface area (TPSA) is 33.6 Å². The number of aromatic nitrogens is 3. The lowest BCUT2D eigenvalue weighted by molar-refractivity contribution is 0.437. The van der Waals surface area contributed by atoms with E-state index in [1.165, 1.54) is 57.2 Å². The molecular weight excluding hydrogens is 230 g/mol. The van der Waals surface area contributed by atoms with E-state index in [-0.39, 0.29) is 0 Å². The van der Waals surface area contributed by atoms with Crippen molar-refractivity contribution in [3.8, 4) is 0 Å². The number of aromatic amines is 1. The molecule has 3 rings (SSSR count). The van der Waals surface area contributed by atoms with E-state index in [4.69, 9.17) is 12.2 Å². The summed E-state index contributed by atoms with van der Waals surface area (Å²) in [7, 11) is 0. The van der Waals surface area contributed by atoms with Crippen LogP contribution in [0, 0.1) is 10.7 Å². The Bertz CT molecular complexity index is 422. The Morgan fingerprint density at radius 2 is 1.82 bits per heavy atom. The highest BCUT2D eigenvalue weighted by molar-refractivity contribution is 7.71. The summed E-state index contributed by atoms with van der Waals surface area (Å²) < 4.78 is 3.11. The van der Waals surface area contributed by atoms with E-state index >= 15 is 0 Å². The van der Waals surface area contributed by atoms with Crippen molar-refractivity contribution in [2.24, 2.45) is 5.92 Å². The van der Waals surface area contributed by atoms with Crippen LogP contribution in [0.3, 0.4) is 0 Å². The average Bonchev–Trinajstić information content (AvgIpc) is 3.10. The molecule has 94 valence electrons. The summed E-state index contributed by atoms with van der Waals surface area (Å²) in [5.41, 5.74) is 0. The van der Waals surface area contributed by atoms with Crippen molar-refractivity contribution >= 4 is 12.2 Å². The SMILES string of the molecule is S=c1[nH]nc(CC2CCCCCC2)n1C1CC1. The van der Waals surface area contributed by atoms with E-state index in [0.29, 0.717) is 6.04 Å². The van der Waals surface area contributed by atoms with Crippen LogP contribution in [-0.4, -0.2) is 14.8 Å². The molecule has 0 aliphatic heterocycles. The minimum absolute atomic E-state index is 0.655. The fourth-order valence-electron chi connectivity index (χ4n) is 3.02. The molecule has 2 aliphatic carbocycles. The molecule has 0 saturated heterocycles. The van der Waals surface area contributed by atoms with E-state index in [2.05, 4.69) is 14.8 Å². The monoisotopic (exact) mass is 251 g/mol. The third-order valence-corrected chi connectivity index (χ3v) is 4.42. The quantitative estimate of drug-likeness (QED) is 0.655. The molecule has 0 unspecified atom stereocenters. The van der Waals surface area contributed by atoms with Gasteiger partial charge in [-0.2, -0.15) is 5.10 Å². The second-order valence-electron chi connectivity index (χ2n) is 5.61. The number of hydrogen-bond acceptors (Lipinski definition) is 2. The lowest BCUT2D eigenvalue weighted by Crippen LogP contribution is -2.09. The molecule has 2 aliphatic rings. The minimum atomic E-state index is 0.655. The van der Waals surface area contributed by atoms with Crippen molar-refractivity contribution in [2.45, 2.75) is 63.8 Å². The van der Waals surface area contributed by atoms with Gasteiger partial charge in [0.25, 0.3) is 0 Å². The van der Waals surface area contributed by atoms with Crippen molar-refractivity contribution in [1.82, 2.24) is 14.8 Å². The molecule has 1 aromatic rings. The van der Waals surface area contributed by atoms with Crippen molar-refractivity contribution in [3.63, 3.8) is 0 Å². The highest BCUT2D eigenvalue weighted by atomic mass is 32.1. The molecule has 1 heterocycles. The molecule has 0 spiro atoms. The summed E-state index contributed by atoms with van der Waals surface area (Å²) in [6.45, 7) is 0. The van der Waals surface area contributed by atoms with Gasteiger partial charge in [-0.05, 0) is 31.0 Å². The number of nitrogens with zero attached hydrogens (tertiary/aromatic N) is 2. The third kappa shape index (κ3) is 2.62. The number of nitrogens with one attached hydrogen (secondary N) is 1. The molecule has 0 atom stereocenters. The minimum Gasteiger partial charge on any atom is -0.301 e. The Morgan fingerprint density at radius 3 is 2.47 bits per heavy atom.